The molecule has 134 valence electrons. The van der Waals surface area contributed by atoms with Gasteiger partial charge in [0.1, 0.15) is 11.6 Å². The van der Waals surface area contributed by atoms with Crippen LogP contribution in [-0.4, -0.2) is 10.8 Å². The van der Waals surface area contributed by atoms with E-state index < -0.39 is 0 Å². The Morgan fingerprint density at radius 3 is 2.65 bits per heavy atom. The smallest absolute Gasteiger partial charge is 0.202 e. The fourth-order valence-electron chi connectivity index (χ4n) is 2.90. The highest BCUT2D eigenvalue weighted by molar-refractivity contribution is 5.80. The minimum absolute atomic E-state index is 0.123. The van der Waals surface area contributed by atoms with Crippen molar-refractivity contribution in [1.29, 1.82) is 0 Å². The summed E-state index contributed by atoms with van der Waals surface area (Å²) in [5.74, 6) is 0.665. The number of halogens is 1. The molecule has 0 aliphatic heterocycles. The summed E-state index contributed by atoms with van der Waals surface area (Å²) in [4.78, 5) is 16.2. The van der Waals surface area contributed by atoms with Crippen LogP contribution in [0.4, 0.5) is 4.39 Å². The monoisotopic (exact) mass is 351 g/mol. The number of hydrogen-bond acceptors (Lipinski definition) is 3. The molecule has 0 radical (unpaired) electrons. The highest BCUT2D eigenvalue weighted by Crippen LogP contribution is 2.21. The minimum atomic E-state index is -0.327. The normalized spacial score (nSPS) is 10.8. The third-order valence-corrected chi connectivity index (χ3v) is 4.27. The summed E-state index contributed by atoms with van der Waals surface area (Å²) in [5, 5.41) is 0. The fraction of sp³-hybridized carbons (Fsp3) is 0.273. The molecule has 0 aliphatic rings. The Morgan fingerprint density at radius 2 is 1.85 bits per heavy atom. The number of aryl methyl sites for hydroxylation is 1. The van der Waals surface area contributed by atoms with Crippen LogP contribution < -0.4 is 0 Å². The van der Waals surface area contributed by atoms with Crippen molar-refractivity contribution in [2.24, 2.45) is 0 Å². The Morgan fingerprint density at radius 1 is 1.00 bits per heavy atom. The van der Waals surface area contributed by atoms with Gasteiger partial charge in [-0.3, -0.25) is 4.79 Å². The van der Waals surface area contributed by atoms with Crippen molar-refractivity contribution in [3.8, 4) is 11.3 Å². The zero-order valence-corrected chi connectivity index (χ0v) is 14.7. The summed E-state index contributed by atoms with van der Waals surface area (Å²) in [7, 11) is 0. The molecule has 0 spiro atoms. The molecule has 1 heterocycles. The van der Waals surface area contributed by atoms with Crippen LogP contribution in [0.2, 0.25) is 0 Å². The van der Waals surface area contributed by atoms with Crippen LogP contribution in [-0.2, 0) is 17.6 Å². The molecule has 0 saturated heterocycles. The van der Waals surface area contributed by atoms with Crippen molar-refractivity contribution in [2.75, 3.05) is 0 Å². The second-order valence-electron chi connectivity index (χ2n) is 6.39. The highest BCUT2D eigenvalue weighted by Gasteiger charge is 2.11. The van der Waals surface area contributed by atoms with Crippen molar-refractivity contribution in [2.45, 2.75) is 38.5 Å². The van der Waals surface area contributed by atoms with Gasteiger partial charge >= 0.3 is 0 Å². The molecule has 0 amide bonds. The lowest BCUT2D eigenvalue weighted by Gasteiger charge is -2.01. The molecule has 0 atom stereocenters. The maximum absolute atomic E-state index is 13.3. The topological polar surface area (TPSA) is 43.1 Å². The number of hydrogen-bond donors (Lipinski definition) is 0. The lowest BCUT2D eigenvalue weighted by atomic mass is 10.0. The van der Waals surface area contributed by atoms with Gasteiger partial charge in [-0.15, -0.1) is 0 Å². The third-order valence-electron chi connectivity index (χ3n) is 4.27. The summed E-state index contributed by atoms with van der Waals surface area (Å²) in [6.45, 7) is 0. The first-order valence-electron chi connectivity index (χ1n) is 8.97. The Balaban J connectivity index is 1.40. The first-order chi connectivity index (χ1) is 12.7. The van der Waals surface area contributed by atoms with E-state index in [4.69, 9.17) is 4.42 Å². The number of oxazole rings is 1. The summed E-state index contributed by atoms with van der Waals surface area (Å²) in [6, 6.07) is 16.5. The molecule has 26 heavy (non-hydrogen) atoms. The Labute approximate surface area is 152 Å². The number of Topliss-reactive ketones (excluding diaryl/α,β-unsaturated/α-hetero) is 1. The van der Waals surface area contributed by atoms with Gasteiger partial charge in [-0.05, 0) is 37.0 Å². The van der Waals surface area contributed by atoms with Crippen LogP contribution in [0.15, 0.2) is 65.2 Å². The highest BCUT2D eigenvalue weighted by atomic mass is 19.1. The summed E-state index contributed by atoms with van der Waals surface area (Å²) in [6.07, 6.45) is 6.30. The predicted octanol–water partition coefficient (Wildman–Crippen LogP) is 5.40. The largest absolute Gasteiger partial charge is 0.440 e. The first-order valence-corrected chi connectivity index (χ1v) is 8.97. The van der Waals surface area contributed by atoms with E-state index in [1.165, 1.54) is 23.9 Å². The van der Waals surface area contributed by atoms with Crippen LogP contribution in [0.3, 0.4) is 0 Å². The Bertz CT molecular complexity index is 842. The minimum Gasteiger partial charge on any atom is -0.440 e. The zero-order valence-electron chi connectivity index (χ0n) is 14.7. The maximum Gasteiger partial charge on any atom is 0.202 e. The zero-order chi connectivity index (χ0) is 18.2. The van der Waals surface area contributed by atoms with Gasteiger partial charge in [0, 0.05) is 12.0 Å². The Hall–Kier alpha value is -2.75. The molecule has 2 aromatic carbocycles. The average Bonchev–Trinajstić information content (AvgIpc) is 3.11. The molecule has 0 saturated carbocycles. The lowest BCUT2D eigenvalue weighted by Crippen LogP contribution is -2.02. The molecule has 0 bridgehead atoms. The molecular weight excluding hydrogens is 329 g/mol. The second kappa shape index (κ2) is 9.09. The molecule has 3 nitrogen and oxygen atoms in total. The van der Waals surface area contributed by atoms with E-state index in [1.807, 2.05) is 18.2 Å². The van der Waals surface area contributed by atoms with Gasteiger partial charge in [0.15, 0.2) is 5.76 Å². The molecule has 3 rings (SSSR count). The van der Waals surface area contributed by atoms with E-state index >= 15 is 0 Å². The first kappa shape index (κ1) is 18.1. The number of ketones is 1. The van der Waals surface area contributed by atoms with Gasteiger partial charge in [0.05, 0.1) is 12.6 Å². The predicted molar refractivity (Wildman–Crippen MR) is 99.2 cm³/mol. The standard InChI is InChI=1S/C22H22FNO2/c23-19-12-7-11-18(14-19)21-16-24-22(26-21)15-20(25)13-6-2-5-10-17-8-3-1-4-9-17/h1,3-4,7-9,11-12,14,16H,2,5-6,10,13,15H2. The summed E-state index contributed by atoms with van der Waals surface area (Å²) < 4.78 is 18.8. The van der Waals surface area contributed by atoms with Gasteiger partial charge in [-0.2, -0.15) is 0 Å². The van der Waals surface area contributed by atoms with Gasteiger partial charge in [0.2, 0.25) is 5.89 Å². The van der Waals surface area contributed by atoms with E-state index in [-0.39, 0.29) is 18.0 Å². The molecule has 0 fully saturated rings. The molecule has 3 aromatic rings. The third kappa shape index (κ3) is 5.38. The van der Waals surface area contributed by atoms with Gasteiger partial charge in [-0.25, -0.2) is 9.37 Å². The molecule has 4 heteroatoms. The quantitative estimate of drug-likeness (QED) is 0.485. The SMILES string of the molecule is O=C(CCCCCc1ccccc1)Cc1ncc(-c2cccc(F)c2)o1. The Kier molecular flexibility index (Phi) is 6.31. The number of carbonyl (C=O) groups is 1. The molecule has 0 aliphatic carbocycles. The van der Waals surface area contributed by atoms with Crippen LogP contribution in [0.5, 0.6) is 0 Å². The molecule has 1 aromatic heterocycles. The van der Waals surface area contributed by atoms with Crippen LogP contribution >= 0.6 is 0 Å². The van der Waals surface area contributed by atoms with Gasteiger partial charge < -0.3 is 4.42 Å². The van der Waals surface area contributed by atoms with Gasteiger partial charge in [0.25, 0.3) is 0 Å². The summed E-state index contributed by atoms with van der Waals surface area (Å²) in [5.41, 5.74) is 1.96. The molecule has 0 N–H and O–H groups in total. The van der Waals surface area contributed by atoms with E-state index in [0.717, 1.165) is 25.7 Å². The number of rotatable bonds is 9. The average molecular weight is 351 g/mol. The summed E-state index contributed by atoms with van der Waals surface area (Å²) >= 11 is 0. The number of carbonyl (C=O) groups excluding carboxylic acids is 1. The lowest BCUT2D eigenvalue weighted by molar-refractivity contribution is -0.118. The molecule has 0 unspecified atom stereocenters. The molecular formula is C22H22FNO2. The number of nitrogens with zero attached hydrogens (tertiary/aromatic N) is 1. The number of benzene rings is 2. The van der Waals surface area contributed by atoms with Crippen molar-refractivity contribution in [1.82, 2.24) is 4.98 Å². The van der Waals surface area contributed by atoms with Crippen molar-refractivity contribution in [3.05, 3.63) is 78.1 Å². The van der Waals surface area contributed by atoms with Crippen molar-refractivity contribution < 1.29 is 13.6 Å². The van der Waals surface area contributed by atoms with E-state index in [9.17, 15) is 9.18 Å². The second-order valence-corrected chi connectivity index (χ2v) is 6.39. The van der Waals surface area contributed by atoms with Crippen molar-refractivity contribution in [3.63, 3.8) is 0 Å². The maximum atomic E-state index is 13.3. The van der Waals surface area contributed by atoms with E-state index in [2.05, 4.69) is 17.1 Å². The van der Waals surface area contributed by atoms with Crippen LogP contribution in [0, 0.1) is 5.82 Å². The van der Waals surface area contributed by atoms with Crippen LogP contribution in [0.25, 0.3) is 11.3 Å². The fourth-order valence-corrected chi connectivity index (χ4v) is 2.90. The number of aromatic nitrogens is 1. The van der Waals surface area contributed by atoms with Gasteiger partial charge in [-0.1, -0.05) is 48.9 Å². The van der Waals surface area contributed by atoms with Crippen molar-refractivity contribution >= 4 is 5.78 Å². The van der Waals surface area contributed by atoms with Crippen LogP contribution in [0.1, 0.15) is 37.1 Å². The van der Waals surface area contributed by atoms with E-state index in [0.29, 0.717) is 23.6 Å². The number of unbranched alkanes of at least 4 members (excludes halogenated alkanes) is 2. The van der Waals surface area contributed by atoms with E-state index in [1.54, 1.807) is 12.1 Å².